The van der Waals surface area contributed by atoms with Crippen LogP contribution in [0.15, 0.2) is 17.9 Å². The van der Waals surface area contributed by atoms with Gasteiger partial charge in [-0.05, 0) is 0 Å². The third kappa shape index (κ3) is 2.57. The fourth-order valence-electron chi connectivity index (χ4n) is 0.611. The Labute approximate surface area is 94.9 Å². The summed E-state index contributed by atoms with van der Waals surface area (Å²) in [6, 6.07) is 0. The SMILES string of the molecule is C=C(Cl)C(=O)Nc1ncnc(Cl)c1Cl. The fraction of sp³-hybridized carbons (Fsp3) is 0. The number of nitrogens with one attached hydrogen (secondary N) is 1. The van der Waals surface area contributed by atoms with Crippen LogP contribution in [0.2, 0.25) is 10.2 Å². The molecule has 0 aliphatic heterocycles. The minimum absolute atomic E-state index is 0.0529. The summed E-state index contributed by atoms with van der Waals surface area (Å²) in [4.78, 5) is 18.4. The predicted octanol–water partition coefficient (Wildman–Crippen LogP) is 2.47. The maximum atomic E-state index is 11.1. The number of aromatic nitrogens is 2. The third-order valence-electron chi connectivity index (χ3n) is 1.23. The molecule has 1 aromatic heterocycles. The second-order valence-corrected chi connectivity index (χ2v) is 3.38. The molecule has 0 aliphatic rings. The van der Waals surface area contributed by atoms with Crippen LogP contribution >= 0.6 is 34.8 Å². The van der Waals surface area contributed by atoms with E-state index in [-0.39, 0.29) is 21.0 Å². The first-order valence-corrected chi connectivity index (χ1v) is 4.47. The second-order valence-electron chi connectivity index (χ2n) is 2.19. The molecule has 1 heterocycles. The van der Waals surface area contributed by atoms with E-state index in [9.17, 15) is 4.79 Å². The Morgan fingerprint density at radius 1 is 1.43 bits per heavy atom. The van der Waals surface area contributed by atoms with E-state index in [0.717, 1.165) is 0 Å². The summed E-state index contributed by atoms with van der Waals surface area (Å²) in [7, 11) is 0. The zero-order valence-electron chi connectivity index (χ0n) is 6.72. The number of halogens is 3. The van der Waals surface area contributed by atoms with Crippen molar-refractivity contribution in [3.63, 3.8) is 0 Å². The minimum Gasteiger partial charge on any atom is -0.304 e. The summed E-state index contributed by atoms with van der Waals surface area (Å²) in [5.41, 5.74) is 0. The van der Waals surface area contributed by atoms with Crippen molar-refractivity contribution in [1.82, 2.24) is 9.97 Å². The lowest BCUT2D eigenvalue weighted by molar-refractivity contribution is -0.112. The number of nitrogens with zero attached hydrogens (tertiary/aromatic N) is 2. The summed E-state index contributed by atoms with van der Waals surface area (Å²) in [6.45, 7) is 3.24. The molecule has 1 amide bonds. The highest BCUT2D eigenvalue weighted by Crippen LogP contribution is 2.25. The Morgan fingerprint density at radius 2 is 2.07 bits per heavy atom. The van der Waals surface area contributed by atoms with Crippen LogP contribution < -0.4 is 5.32 Å². The third-order valence-corrected chi connectivity index (χ3v) is 2.14. The molecule has 0 unspecified atom stereocenters. The molecule has 4 nitrogen and oxygen atoms in total. The molecule has 1 aromatic rings. The van der Waals surface area contributed by atoms with Gasteiger partial charge in [-0.1, -0.05) is 41.4 Å². The van der Waals surface area contributed by atoms with Crippen LogP contribution in [0.3, 0.4) is 0 Å². The van der Waals surface area contributed by atoms with Crippen LogP contribution in [0, 0.1) is 0 Å². The molecule has 1 N–H and O–H groups in total. The van der Waals surface area contributed by atoms with Crippen molar-refractivity contribution in [3.05, 3.63) is 28.1 Å². The molecular weight excluding hydrogens is 248 g/mol. The lowest BCUT2D eigenvalue weighted by Crippen LogP contribution is -2.12. The van der Waals surface area contributed by atoms with Gasteiger partial charge < -0.3 is 5.32 Å². The fourth-order valence-corrected chi connectivity index (χ4v) is 0.936. The molecule has 0 aromatic carbocycles. The summed E-state index contributed by atoms with van der Waals surface area (Å²) in [5, 5.41) is 2.25. The van der Waals surface area contributed by atoms with Crippen LogP contribution in [0.5, 0.6) is 0 Å². The van der Waals surface area contributed by atoms with Gasteiger partial charge in [-0.25, -0.2) is 9.97 Å². The molecule has 0 radical (unpaired) electrons. The smallest absolute Gasteiger partial charge is 0.267 e. The Balaban J connectivity index is 2.93. The van der Waals surface area contributed by atoms with Gasteiger partial charge in [0, 0.05) is 0 Å². The van der Waals surface area contributed by atoms with Crippen molar-refractivity contribution < 1.29 is 4.79 Å². The first-order valence-electron chi connectivity index (χ1n) is 3.34. The molecule has 0 atom stereocenters. The predicted molar refractivity (Wildman–Crippen MR) is 55.7 cm³/mol. The summed E-state index contributed by atoms with van der Waals surface area (Å²) in [6.07, 6.45) is 1.17. The highest BCUT2D eigenvalue weighted by Gasteiger charge is 2.11. The number of rotatable bonds is 2. The van der Waals surface area contributed by atoms with E-state index in [1.165, 1.54) is 6.33 Å². The quantitative estimate of drug-likeness (QED) is 0.650. The van der Waals surface area contributed by atoms with Crippen molar-refractivity contribution in [2.24, 2.45) is 0 Å². The molecule has 74 valence electrons. The highest BCUT2D eigenvalue weighted by molar-refractivity contribution is 6.45. The first-order chi connectivity index (χ1) is 6.52. The number of carbonyl (C=O) groups is 1. The van der Waals surface area contributed by atoms with Crippen molar-refractivity contribution in [2.45, 2.75) is 0 Å². The number of anilines is 1. The lowest BCUT2D eigenvalue weighted by Gasteiger charge is -2.04. The van der Waals surface area contributed by atoms with E-state index in [2.05, 4.69) is 21.9 Å². The maximum Gasteiger partial charge on any atom is 0.267 e. The van der Waals surface area contributed by atoms with Crippen molar-refractivity contribution in [2.75, 3.05) is 5.32 Å². The molecule has 1 rings (SSSR count). The lowest BCUT2D eigenvalue weighted by atomic mass is 10.5. The van der Waals surface area contributed by atoms with Gasteiger partial charge in [-0.3, -0.25) is 4.79 Å². The van der Waals surface area contributed by atoms with Gasteiger partial charge in [0.05, 0.1) is 5.03 Å². The number of hydrogen-bond donors (Lipinski definition) is 1. The minimum atomic E-state index is -0.594. The van der Waals surface area contributed by atoms with Crippen LogP contribution in [0.25, 0.3) is 0 Å². The molecule has 0 saturated carbocycles. The normalized spacial score (nSPS) is 9.64. The van der Waals surface area contributed by atoms with Gasteiger partial charge in [-0.15, -0.1) is 0 Å². The van der Waals surface area contributed by atoms with E-state index in [0.29, 0.717) is 0 Å². The Kier molecular flexibility index (Phi) is 3.69. The van der Waals surface area contributed by atoms with Gasteiger partial charge in [0.1, 0.15) is 11.3 Å². The number of carbonyl (C=O) groups excluding carboxylic acids is 1. The summed E-state index contributed by atoms with van der Waals surface area (Å²) >= 11 is 16.6. The number of amides is 1. The molecule has 0 aliphatic carbocycles. The maximum absolute atomic E-state index is 11.1. The van der Waals surface area contributed by atoms with Gasteiger partial charge in [0.15, 0.2) is 11.0 Å². The van der Waals surface area contributed by atoms with E-state index in [1.807, 2.05) is 0 Å². The Morgan fingerprint density at radius 3 is 2.64 bits per heavy atom. The van der Waals surface area contributed by atoms with Gasteiger partial charge >= 0.3 is 0 Å². The van der Waals surface area contributed by atoms with E-state index in [4.69, 9.17) is 34.8 Å². The Hall–Kier alpha value is -0.840. The average molecular weight is 252 g/mol. The van der Waals surface area contributed by atoms with Crippen LogP contribution in [-0.4, -0.2) is 15.9 Å². The van der Waals surface area contributed by atoms with Gasteiger partial charge in [0.2, 0.25) is 0 Å². The average Bonchev–Trinajstić information content (AvgIpc) is 2.12. The summed E-state index contributed by atoms with van der Waals surface area (Å²) < 4.78 is 0. The van der Waals surface area contributed by atoms with Crippen LogP contribution in [0.4, 0.5) is 5.82 Å². The van der Waals surface area contributed by atoms with Crippen LogP contribution in [0.1, 0.15) is 0 Å². The van der Waals surface area contributed by atoms with Gasteiger partial charge in [0.25, 0.3) is 5.91 Å². The molecular formula is C7H4Cl3N3O. The van der Waals surface area contributed by atoms with Crippen molar-refractivity contribution in [3.8, 4) is 0 Å². The zero-order chi connectivity index (χ0) is 10.7. The molecule has 7 heteroatoms. The molecule has 0 fully saturated rings. The molecule has 14 heavy (non-hydrogen) atoms. The van der Waals surface area contributed by atoms with Crippen molar-refractivity contribution in [1.29, 1.82) is 0 Å². The van der Waals surface area contributed by atoms with E-state index in [1.54, 1.807) is 0 Å². The first kappa shape index (κ1) is 11.2. The summed E-state index contributed by atoms with van der Waals surface area (Å²) in [5.74, 6) is -0.498. The van der Waals surface area contributed by atoms with Gasteiger partial charge in [-0.2, -0.15) is 0 Å². The highest BCUT2D eigenvalue weighted by atomic mass is 35.5. The van der Waals surface area contributed by atoms with Crippen molar-refractivity contribution >= 4 is 46.5 Å². The standard InChI is InChI=1S/C7H4Cl3N3O/c1-3(8)7(14)13-6-4(9)5(10)11-2-12-6/h2H,1H2,(H,11,12,13,14). The number of hydrogen-bond acceptors (Lipinski definition) is 3. The zero-order valence-corrected chi connectivity index (χ0v) is 8.99. The molecule has 0 spiro atoms. The monoisotopic (exact) mass is 251 g/mol. The van der Waals surface area contributed by atoms with E-state index >= 15 is 0 Å². The Bertz CT molecular complexity index is 394. The molecule has 0 saturated heterocycles. The van der Waals surface area contributed by atoms with Crippen LogP contribution in [-0.2, 0) is 4.79 Å². The molecule has 0 bridgehead atoms. The topological polar surface area (TPSA) is 54.9 Å². The van der Waals surface area contributed by atoms with E-state index < -0.39 is 5.91 Å². The largest absolute Gasteiger partial charge is 0.304 e. The second kappa shape index (κ2) is 4.59.